The number of hydrogen-bond donors (Lipinski definition) is 2. The molecule has 0 aliphatic carbocycles. The average Bonchev–Trinajstić information content (AvgIpc) is 2.91. The summed E-state index contributed by atoms with van der Waals surface area (Å²) in [4.78, 5) is 13.9. The number of H-pyrrole nitrogens is 1. The Morgan fingerprint density at radius 2 is 2.14 bits per heavy atom. The molecular weight excluding hydrogens is 344 g/mol. The highest BCUT2D eigenvalue weighted by atomic mass is 79.9. The number of carbonyl (C=O) groups excluding carboxylic acids is 1. The lowest BCUT2D eigenvalue weighted by Crippen LogP contribution is -2.29. The molecule has 1 aromatic carbocycles. The SMILES string of the molecule is Cc1[nH]ncc1CNCCC(=O)N(C)Cc1ccccc1Br. The normalized spacial score (nSPS) is 10.7. The van der Waals surface area contributed by atoms with E-state index in [1.165, 1.54) is 0 Å². The van der Waals surface area contributed by atoms with Crippen LogP contribution in [0, 0.1) is 6.92 Å². The Morgan fingerprint density at radius 3 is 2.82 bits per heavy atom. The van der Waals surface area contributed by atoms with Gasteiger partial charge >= 0.3 is 0 Å². The Labute approximate surface area is 139 Å². The van der Waals surface area contributed by atoms with Gasteiger partial charge in [0.2, 0.25) is 5.91 Å². The van der Waals surface area contributed by atoms with E-state index in [1.807, 2.05) is 44.4 Å². The Kier molecular flexibility index (Phi) is 6.15. The van der Waals surface area contributed by atoms with Gasteiger partial charge in [0.25, 0.3) is 0 Å². The molecule has 2 N–H and O–H groups in total. The maximum Gasteiger partial charge on any atom is 0.223 e. The third-order valence-electron chi connectivity index (χ3n) is 3.56. The van der Waals surface area contributed by atoms with Gasteiger partial charge in [-0.05, 0) is 18.6 Å². The van der Waals surface area contributed by atoms with Crippen molar-refractivity contribution in [1.82, 2.24) is 20.4 Å². The lowest BCUT2D eigenvalue weighted by Gasteiger charge is -2.18. The molecule has 118 valence electrons. The van der Waals surface area contributed by atoms with Crippen molar-refractivity contribution in [3.05, 3.63) is 51.8 Å². The number of rotatable bonds is 7. The smallest absolute Gasteiger partial charge is 0.223 e. The molecule has 22 heavy (non-hydrogen) atoms. The molecule has 0 saturated carbocycles. The van der Waals surface area contributed by atoms with Gasteiger partial charge in [-0.1, -0.05) is 34.1 Å². The predicted molar refractivity (Wildman–Crippen MR) is 90.3 cm³/mol. The van der Waals surface area contributed by atoms with Crippen LogP contribution in [0.1, 0.15) is 23.2 Å². The Hall–Kier alpha value is -1.66. The summed E-state index contributed by atoms with van der Waals surface area (Å²) in [6.07, 6.45) is 2.29. The molecule has 2 rings (SSSR count). The first-order valence-corrected chi connectivity index (χ1v) is 8.04. The van der Waals surface area contributed by atoms with E-state index < -0.39 is 0 Å². The van der Waals surface area contributed by atoms with Crippen molar-refractivity contribution in [2.45, 2.75) is 26.4 Å². The molecule has 0 bridgehead atoms. The van der Waals surface area contributed by atoms with Gasteiger partial charge in [-0.3, -0.25) is 9.89 Å². The average molecular weight is 365 g/mol. The van der Waals surface area contributed by atoms with Crippen LogP contribution in [0.2, 0.25) is 0 Å². The van der Waals surface area contributed by atoms with Crippen LogP contribution in [0.4, 0.5) is 0 Å². The molecule has 1 aromatic heterocycles. The van der Waals surface area contributed by atoms with E-state index in [4.69, 9.17) is 0 Å². The second-order valence-electron chi connectivity index (χ2n) is 5.29. The predicted octanol–water partition coefficient (Wildman–Crippen LogP) is 2.62. The van der Waals surface area contributed by atoms with Crippen molar-refractivity contribution in [2.24, 2.45) is 0 Å². The monoisotopic (exact) mass is 364 g/mol. The topological polar surface area (TPSA) is 61.0 Å². The second-order valence-corrected chi connectivity index (χ2v) is 6.14. The van der Waals surface area contributed by atoms with Crippen LogP contribution < -0.4 is 5.32 Å². The van der Waals surface area contributed by atoms with Crippen molar-refractivity contribution >= 4 is 21.8 Å². The van der Waals surface area contributed by atoms with E-state index in [1.54, 1.807) is 4.90 Å². The van der Waals surface area contributed by atoms with E-state index in [9.17, 15) is 4.79 Å². The molecule has 2 aromatic rings. The van der Waals surface area contributed by atoms with E-state index >= 15 is 0 Å². The largest absolute Gasteiger partial charge is 0.341 e. The summed E-state index contributed by atoms with van der Waals surface area (Å²) in [7, 11) is 1.84. The van der Waals surface area contributed by atoms with Crippen LogP contribution in [-0.2, 0) is 17.9 Å². The highest BCUT2D eigenvalue weighted by Crippen LogP contribution is 2.17. The molecular formula is C16H21BrN4O. The highest BCUT2D eigenvalue weighted by Gasteiger charge is 2.10. The minimum Gasteiger partial charge on any atom is -0.341 e. The maximum atomic E-state index is 12.1. The number of nitrogens with zero attached hydrogens (tertiary/aromatic N) is 2. The zero-order valence-corrected chi connectivity index (χ0v) is 14.5. The molecule has 0 radical (unpaired) electrons. The van der Waals surface area contributed by atoms with Crippen LogP contribution in [0.3, 0.4) is 0 Å². The summed E-state index contributed by atoms with van der Waals surface area (Å²) >= 11 is 3.51. The van der Waals surface area contributed by atoms with Gasteiger partial charge in [-0.15, -0.1) is 0 Å². The summed E-state index contributed by atoms with van der Waals surface area (Å²) in [5.41, 5.74) is 3.30. The summed E-state index contributed by atoms with van der Waals surface area (Å²) in [5.74, 6) is 0.132. The number of halogens is 1. The third kappa shape index (κ3) is 4.68. The van der Waals surface area contributed by atoms with Crippen molar-refractivity contribution in [3.63, 3.8) is 0 Å². The molecule has 0 spiro atoms. The minimum atomic E-state index is 0.132. The first-order chi connectivity index (χ1) is 10.6. The van der Waals surface area contributed by atoms with Gasteiger partial charge in [-0.25, -0.2) is 0 Å². The summed E-state index contributed by atoms with van der Waals surface area (Å²) in [6, 6.07) is 7.96. The van der Waals surface area contributed by atoms with Crippen LogP contribution in [0.15, 0.2) is 34.9 Å². The number of aryl methyl sites for hydroxylation is 1. The molecule has 0 saturated heterocycles. The number of aromatic amines is 1. The fourth-order valence-electron chi connectivity index (χ4n) is 2.13. The van der Waals surface area contributed by atoms with Crippen LogP contribution in [-0.4, -0.2) is 34.6 Å². The van der Waals surface area contributed by atoms with Gasteiger partial charge in [0.15, 0.2) is 0 Å². The van der Waals surface area contributed by atoms with Gasteiger partial charge in [0.1, 0.15) is 0 Å². The lowest BCUT2D eigenvalue weighted by atomic mass is 10.2. The van der Waals surface area contributed by atoms with Gasteiger partial charge in [0, 0.05) is 48.8 Å². The molecule has 5 nitrogen and oxygen atoms in total. The molecule has 1 amide bonds. The summed E-state index contributed by atoms with van der Waals surface area (Å²) in [6.45, 7) is 3.98. The molecule has 0 atom stereocenters. The van der Waals surface area contributed by atoms with Crippen molar-refractivity contribution in [3.8, 4) is 0 Å². The van der Waals surface area contributed by atoms with E-state index in [0.717, 1.165) is 27.8 Å². The Morgan fingerprint density at radius 1 is 1.36 bits per heavy atom. The first kappa shape index (κ1) is 16.7. The van der Waals surface area contributed by atoms with Gasteiger partial charge < -0.3 is 10.2 Å². The van der Waals surface area contributed by atoms with Crippen LogP contribution in [0.5, 0.6) is 0 Å². The summed E-state index contributed by atoms with van der Waals surface area (Å²) in [5, 5.41) is 10.1. The first-order valence-electron chi connectivity index (χ1n) is 7.25. The van der Waals surface area contributed by atoms with Crippen LogP contribution in [0.25, 0.3) is 0 Å². The van der Waals surface area contributed by atoms with E-state index in [0.29, 0.717) is 19.5 Å². The maximum absolute atomic E-state index is 12.1. The zero-order chi connectivity index (χ0) is 15.9. The number of benzene rings is 1. The second kappa shape index (κ2) is 8.10. The highest BCUT2D eigenvalue weighted by molar-refractivity contribution is 9.10. The third-order valence-corrected chi connectivity index (χ3v) is 4.33. The van der Waals surface area contributed by atoms with Gasteiger partial charge in [0.05, 0.1) is 6.20 Å². The van der Waals surface area contributed by atoms with Crippen molar-refractivity contribution in [2.75, 3.05) is 13.6 Å². The number of nitrogens with one attached hydrogen (secondary N) is 2. The molecule has 0 aliphatic rings. The Balaban J connectivity index is 1.73. The van der Waals surface area contributed by atoms with E-state index in [-0.39, 0.29) is 5.91 Å². The number of aromatic nitrogens is 2. The molecule has 1 heterocycles. The Bertz CT molecular complexity index is 626. The fraction of sp³-hybridized carbons (Fsp3) is 0.375. The van der Waals surface area contributed by atoms with Crippen molar-refractivity contribution in [1.29, 1.82) is 0 Å². The summed E-state index contributed by atoms with van der Waals surface area (Å²) < 4.78 is 1.03. The molecule has 0 fully saturated rings. The number of amides is 1. The quantitative estimate of drug-likeness (QED) is 0.742. The molecule has 0 aliphatic heterocycles. The zero-order valence-electron chi connectivity index (χ0n) is 12.9. The number of hydrogen-bond acceptors (Lipinski definition) is 3. The fourth-order valence-corrected chi connectivity index (χ4v) is 2.54. The molecule has 0 unspecified atom stereocenters. The van der Waals surface area contributed by atoms with Crippen LogP contribution >= 0.6 is 15.9 Å². The minimum absolute atomic E-state index is 0.132. The molecule has 6 heteroatoms. The standard InChI is InChI=1S/C16H21BrN4O/c1-12-14(10-19-20-12)9-18-8-7-16(22)21(2)11-13-5-3-4-6-15(13)17/h3-6,10,18H,7-9,11H2,1-2H3,(H,19,20). The van der Waals surface area contributed by atoms with E-state index in [2.05, 4.69) is 31.4 Å². The number of carbonyl (C=O) groups is 1. The van der Waals surface area contributed by atoms with Gasteiger partial charge in [-0.2, -0.15) is 5.10 Å². The lowest BCUT2D eigenvalue weighted by molar-refractivity contribution is -0.130. The van der Waals surface area contributed by atoms with Crippen molar-refractivity contribution < 1.29 is 4.79 Å².